The van der Waals surface area contributed by atoms with Crippen molar-refractivity contribution < 1.29 is 0 Å². The molecule has 4 heteroatoms. The van der Waals surface area contributed by atoms with Crippen LogP contribution in [0.1, 0.15) is 214 Å². The third-order valence-corrected chi connectivity index (χ3v) is 11.0. The molecule has 0 spiro atoms. The van der Waals surface area contributed by atoms with Crippen LogP contribution in [0.3, 0.4) is 0 Å². The molecule has 1 heterocycles. The summed E-state index contributed by atoms with van der Waals surface area (Å²) >= 11 is 0. The summed E-state index contributed by atoms with van der Waals surface area (Å²) < 4.78 is 0. The van der Waals surface area contributed by atoms with E-state index < -0.39 is 0 Å². The number of hydrogen-bond donors (Lipinski definition) is 0. The van der Waals surface area contributed by atoms with Gasteiger partial charge in [0.05, 0.1) is 20.0 Å². The maximum atomic E-state index is 2.76. The van der Waals surface area contributed by atoms with Gasteiger partial charge in [0.25, 0.3) is 0 Å². The summed E-state index contributed by atoms with van der Waals surface area (Å²) in [6.07, 6.45) is 50.0. The SMILES string of the molecule is CCCCCCCCC=CCCCCCCCCN1CN(CCCCCCCCC=CCCCCCCCC)CN(CCCN(CC)CC)C1. The molecule has 1 aliphatic rings. The van der Waals surface area contributed by atoms with E-state index >= 15 is 0 Å². The molecule has 0 N–H and O–H groups in total. The number of hydrogen-bond acceptors (Lipinski definition) is 4. The van der Waals surface area contributed by atoms with Gasteiger partial charge in [-0.15, -0.1) is 0 Å². The third-order valence-electron chi connectivity index (χ3n) is 11.0. The summed E-state index contributed by atoms with van der Waals surface area (Å²) in [6, 6.07) is 0. The Morgan fingerprint density at radius 1 is 0.340 bits per heavy atom. The highest BCUT2D eigenvalue weighted by Gasteiger charge is 2.22. The maximum absolute atomic E-state index is 2.76. The van der Waals surface area contributed by atoms with Gasteiger partial charge in [0.1, 0.15) is 0 Å². The van der Waals surface area contributed by atoms with E-state index in [4.69, 9.17) is 0 Å². The van der Waals surface area contributed by atoms with Crippen molar-refractivity contribution in [2.75, 3.05) is 59.3 Å². The Kier molecular flexibility index (Phi) is 36.0. The Labute approximate surface area is 316 Å². The molecule has 296 valence electrons. The first-order chi connectivity index (χ1) is 24.7. The van der Waals surface area contributed by atoms with E-state index in [1.807, 2.05) is 0 Å². The fourth-order valence-corrected chi connectivity index (χ4v) is 7.63. The van der Waals surface area contributed by atoms with E-state index in [1.165, 1.54) is 245 Å². The van der Waals surface area contributed by atoms with Crippen LogP contribution in [0.5, 0.6) is 0 Å². The summed E-state index contributed by atoms with van der Waals surface area (Å²) in [5.41, 5.74) is 0. The minimum absolute atomic E-state index is 1.17. The van der Waals surface area contributed by atoms with E-state index in [0.29, 0.717) is 0 Å². The predicted molar refractivity (Wildman–Crippen MR) is 226 cm³/mol. The van der Waals surface area contributed by atoms with Gasteiger partial charge in [-0.25, -0.2) is 0 Å². The molecule has 0 bridgehead atoms. The Morgan fingerprint density at radius 3 is 0.940 bits per heavy atom. The lowest BCUT2D eigenvalue weighted by molar-refractivity contribution is -0.0317. The van der Waals surface area contributed by atoms with Crippen LogP contribution in [0.4, 0.5) is 0 Å². The van der Waals surface area contributed by atoms with Crippen LogP contribution >= 0.6 is 0 Å². The van der Waals surface area contributed by atoms with Gasteiger partial charge >= 0.3 is 0 Å². The molecule has 0 aromatic carbocycles. The lowest BCUT2D eigenvalue weighted by atomic mass is 10.1. The average molecular weight is 701 g/mol. The van der Waals surface area contributed by atoms with Crippen LogP contribution in [-0.4, -0.2) is 78.9 Å². The van der Waals surface area contributed by atoms with E-state index in [2.05, 4.69) is 71.6 Å². The van der Waals surface area contributed by atoms with Crippen molar-refractivity contribution in [3.63, 3.8) is 0 Å². The highest BCUT2D eigenvalue weighted by atomic mass is 15.5. The topological polar surface area (TPSA) is 13.0 Å². The minimum Gasteiger partial charge on any atom is -0.304 e. The van der Waals surface area contributed by atoms with Crippen molar-refractivity contribution in [1.82, 2.24) is 19.6 Å². The summed E-state index contributed by atoms with van der Waals surface area (Å²) in [4.78, 5) is 10.8. The monoisotopic (exact) mass is 701 g/mol. The summed E-state index contributed by atoms with van der Waals surface area (Å²) in [5.74, 6) is 0. The largest absolute Gasteiger partial charge is 0.304 e. The molecular weight excluding hydrogens is 609 g/mol. The Bertz CT molecular complexity index is 667. The standard InChI is InChI=1S/C46H92N4/c1-5-9-11-13-15-17-19-21-23-25-27-29-31-33-35-37-40-48-44-49(46-50(45-48)43-39-42-47(7-3)8-4)41-38-36-34-32-30-28-26-24-22-20-18-16-14-12-10-6-2/h21-24H,5-20,25-46H2,1-4H3. The fraction of sp³-hybridized carbons (Fsp3) is 0.913. The molecule has 0 atom stereocenters. The second-order valence-electron chi connectivity index (χ2n) is 15.9. The number of nitrogens with zero attached hydrogens (tertiary/aromatic N) is 4. The van der Waals surface area contributed by atoms with E-state index in [9.17, 15) is 0 Å². The molecular formula is C46H92N4. The van der Waals surface area contributed by atoms with Crippen LogP contribution in [0, 0.1) is 0 Å². The zero-order valence-corrected chi connectivity index (χ0v) is 35.0. The van der Waals surface area contributed by atoms with Crippen molar-refractivity contribution >= 4 is 0 Å². The summed E-state index contributed by atoms with van der Waals surface area (Å²) in [6.45, 7) is 20.1. The summed E-state index contributed by atoms with van der Waals surface area (Å²) in [7, 11) is 0. The van der Waals surface area contributed by atoms with E-state index in [-0.39, 0.29) is 0 Å². The molecule has 1 saturated heterocycles. The van der Waals surface area contributed by atoms with Gasteiger partial charge in [-0.05, 0) is 90.3 Å². The van der Waals surface area contributed by atoms with Crippen LogP contribution in [0.2, 0.25) is 0 Å². The van der Waals surface area contributed by atoms with Crippen molar-refractivity contribution in [3.05, 3.63) is 24.3 Å². The first-order valence-corrected chi connectivity index (χ1v) is 22.9. The van der Waals surface area contributed by atoms with Gasteiger partial charge in [-0.3, -0.25) is 14.7 Å². The summed E-state index contributed by atoms with van der Waals surface area (Å²) in [5, 5.41) is 0. The van der Waals surface area contributed by atoms with Crippen LogP contribution in [0.15, 0.2) is 24.3 Å². The van der Waals surface area contributed by atoms with Gasteiger partial charge in [0.15, 0.2) is 0 Å². The predicted octanol–water partition coefficient (Wildman–Crippen LogP) is 13.6. The van der Waals surface area contributed by atoms with Crippen LogP contribution in [0.25, 0.3) is 0 Å². The second kappa shape index (κ2) is 38.1. The minimum atomic E-state index is 1.17. The molecule has 1 fully saturated rings. The first-order valence-electron chi connectivity index (χ1n) is 22.9. The zero-order chi connectivity index (χ0) is 36.0. The molecule has 0 aliphatic carbocycles. The van der Waals surface area contributed by atoms with Gasteiger partial charge < -0.3 is 4.90 Å². The molecule has 0 saturated carbocycles. The highest BCUT2D eigenvalue weighted by Crippen LogP contribution is 2.15. The molecule has 0 amide bonds. The van der Waals surface area contributed by atoms with E-state index in [0.717, 1.165) is 0 Å². The normalized spacial score (nSPS) is 15.1. The molecule has 50 heavy (non-hydrogen) atoms. The Hall–Kier alpha value is -0.680. The van der Waals surface area contributed by atoms with Crippen LogP contribution in [-0.2, 0) is 0 Å². The van der Waals surface area contributed by atoms with Gasteiger partial charge in [0.2, 0.25) is 0 Å². The van der Waals surface area contributed by atoms with Crippen molar-refractivity contribution in [1.29, 1.82) is 0 Å². The maximum Gasteiger partial charge on any atom is 0.0530 e. The van der Waals surface area contributed by atoms with E-state index in [1.54, 1.807) is 0 Å². The number of rotatable bonds is 38. The fourth-order valence-electron chi connectivity index (χ4n) is 7.63. The van der Waals surface area contributed by atoms with Crippen LogP contribution < -0.4 is 0 Å². The number of allylic oxidation sites excluding steroid dienone is 4. The molecule has 0 unspecified atom stereocenters. The quantitative estimate of drug-likeness (QED) is 0.0469. The highest BCUT2D eigenvalue weighted by molar-refractivity contribution is 4.82. The molecule has 0 aromatic rings. The number of unbranched alkanes of at least 4 members (excludes halogenated alkanes) is 24. The lowest BCUT2D eigenvalue weighted by Crippen LogP contribution is -2.55. The smallest absolute Gasteiger partial charge is 0.0530 e. The molecule has 4 nitrogen and oxygen atoms in total. The van der Waals surface area contributed by atoms with Crippen molar-refractivity contribution in [2.24, 2.45) is 0 Å². The second-order valence-corrected chi connectivity index (χ2v) is 15.9. The zero-order valence-electron chi connectivity index (χ0n) is 35.0. The van der Waals surface area contributed by atoms with Gasteiger partial charge in [-0.2, -0.15) is 0 Å². The Balaban J connectivity index is 2.17. The molecule has 1 aliphatic heterocycles. The van der Waals surface area contributed by atoms with Crippen molar-refractivity contribution in [3.8, 4) is 0 Å². The van der Waals surface area contributed by atoms with Gasteiger partial charge in [-0.1, -0.05) is 168 Å². The molecule has 0 radical (unpaired) electrons. The molecule has 1 rings (SSSR count). The van der Waals surface area contributed by atoms with Crippen molar-refractivity contribution in [2.45, 2.75) is 214 Å². The molecule has 0 aromatic heterocycles. The average Bonchev–Trinajstić information content (AvgIpc) is 3.13. The lowest BCUT2D eigenvalue weighted by Gasteiger charge is -2.42. The third kappa shape index (κ3) is 30.9. The first kappa shape index (κ1) is 47.3. The Morgan fingerprint density at radius 2 is 0.620 bits per heavy atom. The van der Waals surface area contributed by atoms with Gasteiger partial charge in [0, 0.05) is 19.6 Å².